The molecule has 0 atom stereocenters. The van der Waals surface area contributed by atoms with Crippen molar-refractivity contribution in [3.63, 3.8) is 0 Å². The first-order chi connectivity index (χ1) is 9.51. The molecule has 0 aliphatic carbocycles. The van der Waals surface area contributed by atoms with Gasteiger partial charge in [0.1, 0.15) is 5.75 Å². The number of rotatable bonds is 3. The summed E-state index contributed by atoms with van der Waals surface area (Å²) >= 11 is 9.14. The lowest BCUT2D eigenvalue weighted by molar-refractivity contribution is 0.318. The molecule has 2 aromatic rings. The van der Waals surface area contributed by atoms with E-state index in [0.717, 1.165) is 0 Å². The van der Waals surface area contributed by atoms with Crippen LogP contribution in [0.1, 0.15) is 5.56 Å². The normalized spacial score (nSPS) is 11.4. The van der Waals surface area contributed by atoms with Crippen LogP contribution in [0.5, 0.6) is 11.5 Å². The van der Waals surface area contributed by atoms with Crippen molar-refractivity contribution >= 4 is 33.4 Å². The predicted molar refractivity (Wildman–Crippen MR) is 78.1 cm³/mol. The predicted octanol–water partition coefficient (Wildman–Crippen LogP) is 4.13. The zero-order valence-electron chi connectivity index (χ0n) is 9.98. The first-order valence-electron chi connectivity index (χ1n) is 5.41. The summed E-state index contributed by atoms with van der Waals surface area (Å²) in [6.45, 7) is 0. The Morgan fingerprint density at radius 2 is 2.05 bits per heavy atom. The molecule has 0 aliphatic rings. The van der Waals surface area contributed by atoms with E-state index in [0.29, 0.717) is 15.8 Å². The van der Waals surface area contributed by atoms with Crippen LogP contribution < -0.4 is 10.5 Å². The topological polar surface area (TPSA) is 67.8 Å². The number of amidine groups is 1. The van der Waals surface area contributed by atoms with Gasteiger partial charge >= 0.3 is 0 Å². The number of nitrogens with zero attached hydrogens (tertiary/aromatic N) is 1. The quantitative estimate of drug-likeness (QED) is 0.375. The molecule has 0 heterocycles. The third-order valence-corrected chi connectivity index (χ3v) is 3.25. The van der Waals surface area contributed by atoms with E-state index >= 15 is 0 Å². The van der Waals surface area contributed by atoms with Crippen LogP contribution in [-0.4, -0.2) is 11.0 Å². The fourth-order valence-corrected chi connectivity index (χ4v) is 2.11. The highest BCUT2D eigenvalue weighted by Crippen LogP contribution is 2.29. The summed E-state index contributed by atoms with van der Waals surface area (Å²) in [6, 6.07) is 8.96. The highest BCUT2D eigenvalue weighted by atomic mass is 79.9. The van der Waals surface area contributed by atoms with Crippen LogP contribution in [0, 0.1) is 5.82 Å². The second-order valence-corrected chi connectivity index (χ2v) is 5.13. The minimum Gasteiger partial charge on any atom is -0.454 e. The fourth-order valence-electron chi connectivity index (χ4n) is 1.51. The Morgan fingerprint density at radius 1 is 1.30 bits per heavy atom. The Morgan fingerprint density at radius 3 is 2.65 bits per heavy atom. The highest BCUT2D eigenvalue weighted by Gasteiger charge is 2.09. The van der Waals surface area contributed by atoms with E-state index in [1.165, 1.54) is 24.3 Å². The van der Waals surface area contributed by atoms with Crippen molar-refractivity contribution in [1.82, 2.24) is 0 Å². The van der Waals surface area contributed by atoms with E-state index in [9.17, 15) is 4.39 Å². The molecule has 7 heteroatoms. The van der Waals surface area contributed by atoms with Gasteiger partial charge in [-0.15, -0.1) is 0 Å². The molecule has 4 nitrogen and oxygen atoms in total. The van der Waals surface area contributed by atoms with Gasteiger partial charge in [0.25, 0.3) is 0 Å². The maximum atomic E-state index is 13.6. The van der Waals surface area contributed by atoms with Gasteiger partial charge in [-0.25, -0.2) is 4.39 Å². The summed E-state index contributed by atoms with van der Waals surface area (Å²) in [7, 11) is 0. The molecule has 2 aromatic carbocycles. The Kier molecular flexibility index (Phi) is 4.46. The second kappa shape index (κ2) is 6.11. The summed E-state index contributed by atoms with van der Waals surface area (Å²) in [5.74, 6) is -0.209. The van der Waals surface area contributed by atoms with Crippen molar-refractivity contribution in [2.75, 3.05) is 0 Å². The lowest BCUT2D eigenvalue weighted by atomic mass is 10.2. The van der Waals surface area contributed by atoms with Gasteiger partial charge in [0.2, 0.25) is 0 Å². The Labute approximate surface area is 127 Å². The van der Waals surface area contributed by atoms with Crippen LogP contribution in [-0.2, 0) is 0 Å². The van der Waals surface area contributed by atoms with Crippen molar-refractivity contribution < 1.29 is 14.3 Å². The summed E-state index contributed by atoms with van der Waals surface area (Å²) in [6.07, 6.45) is 0. The number of halogens is 3. The van der Waals surface area contributed by atoms with Crippen LogP contribution in [0.2, 0.25) is 5.02 Å². The average Bonchev–Trinajstić information content (AvgIpc) is 2.41. The SMILES string of the molecule is NC(=NO)c1ccc(Oc2ccc(Br)cc2F)cc1Cl. The molecule has 0 amide bonds. The molecule has 20 heavy (non-hydrogen) atoms. The molecule has 0 saturated heterocycles. The molecule has 3 N–H and O–H groups in total. The molecule has 0 unspecified atom stereocenters. The Bertz CT molecular complexity index is 679. The van der Waals surface area contributed by atoms with Crippen molar-refractivity contribution in [1.29, 1.82) is 0 Å². The molecule has 0 bridgehead atoms. The van der Waals surface area contributed by atoms with Crippen LogP contribution >= 0.6 is 27.5 Å². The number of benzene rings is 2. The molecular weight excluding hydrogens is 351 g/mol. The summed E-state index contributed by atoms with van der Waals surface area (Å²) in [5, 5.41) is 11.7. The third kappa shape index (κ3) is 3.20. The molecule has 0 radical (unpaired) electrons. The minimum atomic E-state index is -0.504. The average molecular weight is 360 g/mol. The first-order valence-corrected chi connectivity index (χ1v) is 6.58. The van der Waals surface area contributed by atoms with E-state index in [-0.39, 0.29) is 16.6 Å². The van der Waals surface area contributed by atoms with E-state index in [1.807, 2.05) is 0 Å². The smallest absolute Gasteiger partial charge is 0.171 e. The van der Waals surface area contributed by atoms with Gasteiger partial charge in [-0.05, 0) is 30.3 Å². The number of ether oxygens (including phenoxy) is 1. The Balaban J connectivity index is 2.29. The van der Waals surface area contributed by atoms with Gasteiger partial charge in [-0.1, -0.05) is 32.7 Å². The van der Waals surface area contributed by atoms with Gasteiger partial charge in [0, 0.05) is 16.1 Å². The number of hydrogen-bond acceptors (Lipinski definition) is 3. The van der Waals surface area contributed by atoms with Gasteiger partial charge in [0.15, 0.2) is 17.4 Å². The van der Waals surface area contributed by atoms with Crippen LogP contribution in [0.4, 0.5) is 4.39 Å². The van der Waals surface area contributed by atoms with Crippen molar-refractivity contribution in [2.24, 2.45) is 10.9 Å². The molecule has 0 saturated carbocycles. The molecule has 0 fully saturated rings. The monoisotopic (exact) mass is 358 g/mol. The number of oxime groups is 1. The third-order valence-electron chi connectivity index (χ3n) is 2.45. The molecule has 0 spiro atoms. The van der Waals surface area contributed by atoms with Crippen LogP contribution in [0.25, 0.3) is 0 Å². The highest BCUT2D eigenvalue weighted by molar-refractivity contribution is 9.10. The van der Waals surface area contributed by atoms with Crippen molar-refractivity contribution in [3.8, 4) is 11.5 Å². The lowest BCUT2D eigenvalue weighted by Gasteiger charge is -2.09. The van der Waals surface area contributed by atoms with Gasteiger partial charge < -0.3 is 15.7 Å². The second-order valence-electron chi connectivity index (χ2n) is 3.80. The van der Waals surface area contributed by atoms with Crippen LogP contribution in [0.3, 0.4) is 0 Å². The fraction of sp³-hybridized carbons (Fsp3) is 0. The van der Waals surface area contributed by atoms with Gasteiger partial charge in [0.05, 0.1) is 5.02 Å². The standard InChI is InChI=1S/C13H9BrClFN2O2/c14-7-1-4-12(11(16)5-7)20-8-2-3-9(10(15)6-8)13(17)18-19/h1-6,19H,(H2,17,18). The minimum absolute atomic E-state index is 0.0702. The van der Waals surface area contributed by atoms with Crippen LogP contribution in [0.15, 0.2) is 46.0 Å². The summed E-state index contributed by atoms with van der Waals surface area (Å²) in [4.78, 5) is 0. The number of nitrogens with two attached hydrogens (primary N) is 1. The van der Waals surface area contributed by atoms with E-state index in [4.69, 9.17) is 27.3 Å². The van der Waals surface area contributed by atoms with Gasteiger partial charge in [-0.2, -0.15) is 0 Å². The molecular formula is C13H9BrClFN2O2. The molecule has 0 aliphatic heterocycles. The van der Waals surface area contributed by atoms with E-state index in [1.54, 1.807) is 12.1 Å². The Hall–Kier alpha value is -1.79. The largest absolute Gasteiger partial charge is 0.454 e. The summed E-state index contributed by atoms with van der Waals surface area (Å²) < 4.78 is 19.6. The summed E-state index contributed by atoms with van der Waals surface area (Å²) in [5.41, 5.74) is 5.81. The molecule has 0 aromatic heterocycles. The van der Waals surface area contributed by atoms with Crippen molar-refractivity contribution in [2.45, 2.75) is 0 Å². The maximum Gasteiger partial charge on any atom is 0.171 e. The number of hydrogen-bond donors (Lipinski definition) is 2. The lowest BCUT2D eigenvalue weighted by Crippen LogP contribution is -2.13. The zero-order valence-corrected chi connectivity index (χ0v) is 12.3. The van der Waals surface area contributed by atoms with Gasteiger partial charge in [-0.3, -0.25) is 0 Å². The first kappa shape index (κ1) is 14.6. The molecule has 2 rings (SSSR count). The van der Waals surface area contributed by atoms with Crippen molar-refractivity contribution in [3.05, 3.63) is 57.3 Å². The van der Waals surface area contributed by atoms with E-state index in [2.05, 4.69) is 21.1 Å². The molecule has 104 valence electrons. The van der Waals surface area contributed by atoms with E-state index < -0.39 is 5.82 Å². The maximum absolute atomic E-state index is 13.6. The zero-order chi connectivity index (χ0) is 14.7.